The van der Waals surface area contributed by atoms with Gasteiger partial charge in [-0.1, -0.05) is 30.3 Å². The molecule has 0 unspecified atom stereocenters. The zero-order valence-corrected chi connectivity index (χ0v) is 17.9. The Balaban J connectivity index is 1.63. The maximum Gasteiger partial charge on any atom is 0.262 e. The number of hydrogen-bond donors (Lipinski definition) is 2. The van der Waals surface area contributed by atoms with E-state index in [4.69, 9.17) is 4.74 Å². The van der Waals surface area contributed by atoms with Gasteiger partial charge in [0, 0.05) is 16.9 Å². The molecule has 0 aliphatic heterocycles. The summed E-state index contributed by atoms with van der Waals surface area (Å²) in [6.07, 6.45) is 0. The third-order valence-corrected chi connectivity index (χ3v) is 5.77. The minimum atomic E-state index is -3.75. The fraction of sp³-hybridized carbons (Fsp3) is 0.130. The number of anilines is 2. The van der Waals surface area contributed by atoms with Crippen LogP contribution in [0.4, 0.5) is 11.4 Å². The Kier molecular flexibility index (Phi) is 6.71. The van der Waals surface area contributed by atoms with Gasteiger partial charge >= 0.3 is 0 Å². The van der Waals surface area contributed by atoms with Gasteiger partial charge in [-0.15, -0.1) is 0 Å². The van der Waals surface area contributed by atoms with Gasteiger partial charge in [-0.2, -0.15) is 0 Å². The van der Waals surface area contributed by atoms with E-state index in [1.54, 1.807) is 61.5 Å². The predicted octanol–water partition coefficient (Wildman–Crippen LogP) is 4.02. The molecule has 0 heterocycles. The fourth-order valence-electron chi connectivity index (χ4n) is 2.83. The van der Waals surface area contributed by atoms with E-state index in [-0.39, 0.29) is 17.3 Å². The number of carbonyl (C=O) groups is 2. The first-order chi connectivity index (χ1) is 14.7. The van der Waals surface area contributed by atoms with Crippen molar-refractivity contribution in [3.05, 3.63) is 83.9 Å². The maximum atomic E-state index is 12.6. The molecular formula is C23H22N2O5S. The second-order valence-corrected chi connectivity index (χ2v) is 8.56. The largest absolute Gasteiger partial charge is 0.483 e. The highest BCUT2D eigenvalue weighted by Crippen LogP contribution is 2.23. The average molecular weight is 439 g/mol. The topological polar surface area (TPSA) is 102 Å². The van der Waals surface area contributed by atoms with E-state index in [0.29, 0.717) is 28.3 Å². The van der Waals surface area contributed by atoms with Crippen LogP contribution in [-0.2, 0) is 14.8 Å². The van der Waals surface area contributed by atoms with Crippen LogP contribution in [0.15, 0.2) is 77.7 Å². The van der Waals surface area contributed by atoms with E-state index in [0.717, 1.165) is 0 Å². The highest BCUT2D eigenvalue weighted by atomic mass is 32.2. The summed E-state index contributed by atoms with van der Waals surface area (Å²) in [6.45, 7) is 2.89. The molecule has 160 valence electrons. The van der Waals surface area contributed by atoms with Gasteiger partial charge < -0.3 is 10.1 Å². The Labute approximate surface area is 181 Å². The van der Waals surface area contributed by atoms with E-state index in [1.165, 1.54) is 25.1 Å². The number of benzene rings is 3. The molecule has 0 fully saturated rings. The third-order valence-electron chi connectivity index (χ3n) is 4.39. The van der Waals surface area contributed by atoms with Gasteiger partial charge in [0.2, 0.25) is 0 Å². The number of rotatable bonds is 8. The van der Waals surface area contributed by atoms with Crippen molar-refractivity contribution < 1.29 is 22.7 Å². The minimum Gasteiger partial charge on any atom is -0.483 e. The summed E-state index contributed by atoms with van der Waals surface area (Å²) < 4.78 is 33.2. The molecule has 3 rings (SSSR count). The molecule has 7 nitrogen and oxygen atoms in total. The highest BCUT2D eigenvalue weighted by molar-refractivity contribution is 7.92. The Morgan fingerprint density at radius 1 is 0.903 bits per heavy atom. The summed E-state index contributed by atoms with van der Waals surface area (Å²) >= 11 is 0. The van der Waals surface area contributed by atoms with Crippen molar-refractivity contribution in [1.29, 1.82) is 0 Å². The Morgan fingerprint density at radius 3 is 2.29 bits per heavy atom. The number of sulfonamides is 1. The Hall–Kier alpha value is -3.65. The number of hydrogen-bond acceptors (Lipinski definition) is 5. The lowest BCUT2D eigenvalue weighted by Gasteiger charge is -2.12. The molecule has 0 aliphatic rings. The molecule has 0 atom stereocenters. The number of carbonyl (C=O) groups excluding carboxylic acids is 2. The lowest BCUT2D eigenvalue weighted by Crippen LogP contribution is -2.20. The van der Waals surface area contributed by atoms with E-state index in [9.17, 15) is 18.0 Å². The summed E-state index contributed by atoms with van der Waals surface area (Å²) in [5, 5.41) is 2.67. The summed E-state index contributed by atoms with van der Waals surface area (Å²) in [5.41, 5.74) is 2.02. The van der Waals surface area contributed by atoms with Gasteiger partial charge in [0.25, 0.3) is 15.9 Å². The summed E-state index contributed by atoms with van der Waals surface area (Å²) in [5.74, 6) is -0.103. The van der Waals surface area contributed by atoms with Crippen molar-refractivity contribution in [3.63, 3.8) is 0 Å². The summed E-state index contributed by atoms with van der Waals surface area (Å²) in [6, 6.07) is 19.6. The van der Waals surface area contributed by atoms with Crippen LogP contribution in [0, 0.1) is 6.92 Å². The SMILES string of the molecule is CC(=O)c1cccc(NC(=O)COc2ccc(S(=O)(=O)Nc3ccccc3)cc2C)c1. The molecule has 2 N–H and O–H groups in total. The molecule has 0 saturated carbocycles. The second kappa shape index (κ2) is 9.44. The number of ketones is 1. The van der Waals surface area contributed by atoms with Crippen LogP contribution in [0.3, 0.4) is 0 Å². The van der Waals surface area contributed by atoms with E-state index in [1.807, 2.05) is 0 Å². The first kappa shape index (κ1) is 22.0. The quantitative estimate of drug-likeness (QED) is 0.518. The average Bonchev–Trinajstić information content (AvgIpc) is 2.73. The van der Waals surface area contributed by atoms with Crippen molar-refractivity contribution in [1.82, 2.24) is 0 Å². The number of Topliss-reactive ketones (excluding diaryl/α,β-unsaturated/α-hetero) is 1. The molecule has 0 aliphatic carbocycles. The molecule has 3 aromatic carbocycles. The molecule has 0 bridgehead atoms. The molecule has 0 spiro atoms. The number of ether oxygens (including phenoxy) is 1. The maximum absolute atomic E-state index is 12.6. The van der Waals surface area contributed by atoms with Gasteiger partial charge in [-0.25, -0.2) is 8.42 Å². The Morgan fingerprint density at radius 2 is 1.61 bits per heavy atom. The van der Waals surface area contributed by atoms with E-state index < -0.39 is 15.9 Å². The Bertz CT molecular complexity index is 1210. The molecule has 0 radical (unpaired) electrons. The van der Waals surface area contributed by atoms with Crippen molar-refractivity contribution in [3.8, 4) is 5.75 Å². The number of amides is 1. The van der Waals surface area contributed by atoms with Gasteiger partial charge in [0.05, 0.1) is 4.90 Å². The standard InChI is InChI=1S/C23H22N2O5S/c1-16-13-21(31(28,29)25-19-8-4-3-5-9-19)11-12-22(16)30-15-23(27)24-20-10-6-7-18(14-20)17(2)26/h3-14,25H,15H2,1-2H3,(H,24,27). The highest BCUT2D eigenvalue weighted by Gasteiger charge is 2.16. The zero-order valence-electron chi connectivity index (χ0n) is 17.1. The lowest BCUT2D eigenvalue weighted by atomic mass is 10.1. The fourth-order valence-corrected chi connectivity index (χ4v) is 3.97. The molecule has 31 heavy (non-hydrogen) atoms. The molecular weight excluding hydrogens is 416 g/mol. The van der Waals surface area contributed by atoms with Crippen LogP contribution in [0.2, 0.25) is 0 Å². The monoisotopic (exact) mass is 438 g/mol. The zero-order chi connectivity index (χ0) is 22.4. The second-order valence-electron chi connectivity index (χ2n) is 6.87. The first-order valence-electron chi connectivity index (χ1n) is 9.47. The van der Waals surface area contributed by atoms with Crippen molar-refractivity contribution in [2.45, 2.75) is 18.7 Å². The lowest BCUT2D eigenvalue weighted by molar-refractivity contribution is -0.118. The molecule has 1 amide bonds. The summed E-state index contributed by atoms with van der Waals surface area (Å²) in [7, 11) is -3.75. The van der Waals surface area contributed by atoms with Crippen molar-refractivity contribution in [2.75, 3.05) is 16.6 Å². The number of nitrogens with one attached hydrogen (secondary N) is 2. The number of para-hydroxylation sites is 1. The van der Waals surface area contributed by atoms with Crippen LogP contribution in [0.5, 0.6) is 5.75 Å². The van der Waals surface area contributed by atoms with Crippen LogP contribution >= 0.6 is 0 Å². The van der Waals surface area contributed by atoms with Crippen LogP contribution in [-0.4, -0.2) is 26.7 Å². The first-order valence-corrected chi connectivity index (χ1v) is 10.9. The van der Waals surface area contributed by atoms with Crippen LogP contribution < -0.4 is 14.8 Å². The van der Waals surface area contributed by atoms with Gasteiger partial charge in [-0.05, 0) is 61.9 Å². The van der Waals surface area contributed by atoms with E-state index in [2.05, 4.69) is 10.0 Å². The van der Waals surface area contributed by atoms with Crippen molar-refractivity contribution >= 4 is 33.1 Å². The summed E-state index contributed by atoms with van der Waals surface area (Å²) in [4.78, 5) is 23.7. The van der Waals surface area contributed by atoms with Gasteiger partial charge in [0.1, 0.15) is 5.75 Å². The van der Waals surface area contributed by atoms with E-state index >= 15 is 0 Å². The third kappa shape index (κ3) is 5.93. The molecule has 0 aromatic heterocycles. The molecule has 8 heteroatoms. The normalized spacial score (nSPS) is 10.9. The van der Waals surface area contributed by atoms with Crippen LogP contribution in [0.1, 0.15) is 22.8 Å². The van der Waals surface area contributed by atoms with Gasteiger partial charge in [0.15, 0.2) is 12.4 Å². The smallest absolute Gasteiger partial charge is 0.262 e. The number of aryl methyl sites for hydroxylation is 1. The van der Waals surface area contributed by atoms with Crippen molar-refractivity contribution in [2.24, 2.45) is 0 Å². The van der Waals surface area contributed by atoms with Gasteiger partial charge in [-0.3, -0.25) is 14.3 Å². The molecule has 3 aromatic rings. The van der Waals surface area contributed by atoms with Crippen LogP contribution in [0.25, 0.3) is 0 Å². The molecule has 0 saturated heterocycles. The predicted molar refractivity (Wildman–Crippen MR) is 119 cm³/mol. The minimum absolute atomic E-state index is 0.0895.